The van der Waals surface area contributed by atoms with Gasteiger partial charge in [-0.25, -0.2) is 0 Å². The van der Waals surface area contributed by atoms with Crippen molar-refractivity contribution in [3.05, 3.63) is 71.8 Å². The molecule has 2 heterocycles. The molecule has 2 aliphatic carbocycles. The summed E-state index contributed by atoms with van der Waals surface area (Å²) >= 11 is 0. The molecule has 2 nitrogen and oxygen atoms in total. The molecule has 0 radical (unpaired) electrons. The molecule has 4 fully saturated rings. The van der Waals surface area contributed by atoms with Crippen LogP contribution in [0.5, 0.6) is 0 Å². The van der Waals surface area contributed by atoms with E-state index in [9.17, 15) is 4.79 Å². The molecule has 1 spiro atoms. The van der Waals surface area contributed by atoms with Crippen molar-refractivity contribution in [1.29, 1.82) is 0 Å². The molecule has 2 bridgehead atoms. The second-order valence-corrected chi connectivity index (χ2v) is 8.13. The Kier molecular flexibility index (Phi) is 3.31. The van der Waals surface area contributed by atoms with Crippen LogP contribution in [-0.4, -0.2) is 17.4 Å². The van der Waals surface area contributed by atoms with E-state index in [0.717, 1.165) is 18.5 Å². The summed E-state index contributed by atoms with van der Waals surface area (Å²) in [5, 5.41) is 0. The van der Waals surface area contributed by atoms with Crippen LogP contribution in [0.4, 0.5) is 0 Å². The van der Waals surface area contributed by atoms with Crippen LogP contribution in [0.1, 0.15) is 54.4 Å². The minimum Gasteiger partial charge on any atom is -0.328 e. The predicted octanol–water partition coefficient (Wildman–Crippen LogP) is 5.01. The fourth-order valence-electron chi connectivity index (χ4n) is 6.23. The summed E-state index contributed by atoms with van der Waals surface area (Å²) in [6, 6.07) is 20.7. The number of fused-ring (bicyclic) bond motifs is 1. The van der Waals surface area contributed by atoms with Crippen molar-refractivity contribution in [2.24, 2.45) is 11.3 Å². The van der Waals surface area contributed by atoms with Crippen molar-refractivity contribution in [2.45, 2.75) is 44.1 Å². The lowest BCUT2D eigenvalue weighted by molar-refractivity contribution is -0.0928. The Balaban J connectivity index is 1.62. The van der Waals surface area contributed by atoms with Crippen molar-refractivity contribution in [3.63, 3.8) is 0 Å². The lowest BCUT2D eigenvalue weighted by Gasteiger charge is -2.61. The summed E-state index contributed by atoms with van der Waals surface area (Å²) in [5.41, 5.74) is 2.43. The molecule has 2 saturated heterocycles. The van der Waals surface area contributed by atoms with Gasteiger partial charge >= 0.3 is 0 Å². The van der Waals surface area contributed by atoms with Gasteiger partial charge in [-0.05, 0) is 42.9 Å². The fourth-order valence-corrected chi connectivity index (χ4v) is 6.23. The molecule has 1 amide bonds. The molecule has 2 aliphatic heterocycles. The zero-order valence-corrected chi connectivity index (χ0v) is 14.7. The molecule has 2 aromatic rings. The van der Waals surface area contributed by atoms with Gasteiger partial charge in [-0.3, -0.25) is 4.79 Å². The van der Waals surface area contributed by atoms with Crippen molar-refractivity contribution in [2.75, 3.05) is 6.54 Å². The van der Waals surface area contributed by atoms with E-state index in [1.165, 1.54) is 37.7 Å². The van der Waals surface area contributed by atoms with Crippen LogP contribution in [0.2, 0.25) is 0 Å². The van der Waals surface area contributed by atoms with E-state index in [-0.39, 0.29) is 11.4 Å². The van der Waals surface area contributed by atoms with Crippen molar-refractivity contribution < 1.29 is 4.79 Å². The smallest absolute Gasteiger partial charge is 0.254 e. The van der Waals surface area contributed by atoms with Gasteiger partial charge in [0.05, 0.1) is 5.54 Å². The van der Waals surface area contributed by atoms with Crippen molar-refractivity contribution in [3.8, 4) is 0 Å². The molecule has 2 aromatic carbocycles. The molecule has 128 valence electrons. The van der Waals surface area contributed by atoms with E-state index in [4.69, 9.17) is 0 Å². The first kappa shape index (κ1) is 15.2. The van der Waals surface area contributed by atoms with Gasteiger partial charge in [0, 0.05) is 17.5 Å². The normalized spacial score (nSPS) is 29.4. The highest BCUT2D eigenvalue weighted by molar-refractivity contribution is 5.95. The highest BCUT2D eigenvalue weighted by atomic mass is 16.2. The second-order valence-electron chi connectivity index (χ2n) is 8.13. The van der Waals surface area contributed by atoms with E-state index in [1.54, 1.807) is 0 Å². The zero-order chi connectivity index (χ0) is 16.9. The summed E-state index contributed by atoms with van der Waals surface area (Å²) in [7, 11) is 0. The molecule has 0 aromatic heterocycles. The molecule has 0 N–H and O–H groups in total. The summed E-state index contributed by atoms with van der Waals surface area (Å²) in [6.45, 7) is 0.933. The highest BCUT2D eigenvalue weighted by Gasteiger charge is 2.74. The third kappa shape index (κ3) is 1.88. The number of hydrogen-bond acceptors (Lipinski definition) is 1. The standard InChI is InChI=1S/C23H25NO/c25-21(18-10-4-1-5-11-18)24-17-20-16-23(24,19-12-6-2-7-13-19)22(20)14-8-3-9-15-22/h1-2,4-7,10-13,20H,3,8-9,14-17H2/t20-,23+/m0/s1. The largest absolute Gasteiger partial charge is 0.328 e. The molecule has 2 saturated carbocycles. The van der Waals surface area contributed by atoms with Gasteiger partial charge < -0.3 is 4.90 Å². The average Bonchev–Trinajstić information content (AvgIpc) is 3.23. The fraction of sp³-hybridized carbons (Fsp3) is 0.435. The van der Waals surface area contributed by atoms with Crippen LogP contribution in [0.15, 0.2) is 60.7 Å². The Hall–Kier alpha value is -2.09. The van der Waals surface area contributed by atoms with Crippen LogP contribution in [-0.2, 0) is 5.54 Å². The molecule has 2 heteroatoms. The Morgan fingerprint density at radius 3 is 2.20 bits per heavy atom. The highest BCUT2D eigenvalue weighted by Crippen LogP contribution is 2.73. The Labute approximate surface area is 149 Å². The first-order valence-electron chi connectivity index (χ1n) is 9.70. The van der Waals surface area contributed by atoms with Crippen molar-refractivity contribution >= 4 is 5.91 Å². The summed E-state index contributed by atoms with van der Waals surface area (Å²) in [6.07, 6.45) is 7.70. The Morgan fingerprint density at radius 2 is 1.52 bits per heavy atom. The first-order chi connectivity index (χ1) is 12.3. The number of nitrogens with zero attached hydrogens (tertiary/aromatic N) is 1. The van der Waals surface area contributed by atoms with Gasteiger partial charge in [-0.1, -0.05) is 67.8 Å². The summed E-state index contributed by atoms with van der Waals surface area (Å²) in [4.78, 5) is 15.7. The molecule has 6 rings (SSSR count). The number of hydrogen-bond donors (Lipinski definition) is 0. The summed E-state index contributed by atoms with van der Waals surface area (Å²) < 4.78 is 0. The zero-order valence-electron chi connectivity index (χ0n) is 14.7. The molecular weight excluding hydrogens is 306 g/mol. The van der Waals surface area contributed by atoms with E-state index in [2.05, 4.69) is 35.2 Å². The Bertz CT molecular complexity index is 778. The SMILES string of the molecule is O=C(c1ccccc1)N1C[C@@H]2C[C@@]1(c1ccccc1)C21CCCCC1. The van der Waals surface area contributed by atoms with Crippen LogP contribution in [0.3, 0.4) is 0 Å². The number of benzene rings is 2. The molecular formula is C23H25NO. The third-order valence-corrected chi connectivity index (χ3v) is 7.27. The van der Waals surface area contributed by atoms with Gasteiger partial charge in [0.15, 0.2) is 0 Å². The van der Waals surface area contributed by atoms with Crippen LogP contribution >= 0.6 is 0 Å². The van der Waals surface area contributed by atoms with Crippen LogP contribution < -0.4 is 0 Å². The minimum absolute atomic E-state index is 0.0771. The second kappa shape index (κ2) is 5.45. The van der Waals surface area contributed by atoms with E-state index >= 15 is 0 Å². The van der Waals surface area contributed by atoms with Crippen molar-refractivity contribution in [1.82, 2.24) is 4.90 Å². The minimum atomic E-state index is -0.0771. The van der Waals surface area contributed by atoms with E-state index < -0.39 is 0 Å². The number of rotatable bonds is 2. The molecule has 2 atom stereocenters. The first-order valence-corrected chi connectivity index (χ1v) is 9.70. The van der Waals surface area contributed by atoms with Gasteiger partial charge in [-0.15, -0.1) is 0 Å². The van der Waals surface area contributed by atoms with Gasteiger partial charge in [0.1, 0.15) is 0 Å². The van der Waals surface area contributed by atoms with E-state index in [0.29, 0.717) is 11.3 Å². The lowest BCUT2D eigenvalue weighted by Crippen LogP contribution is -2.61. The van der Waals surface area contributed by atoms with Gasteiger partial charge in [-0.2, -0.15) is 0 Å². The monoisotopic (exact) mass is 331 g/mol. The maximum atomic E-state index is 13.4. The Morgan fingerprint density at radius 1 is 0.880 bits per heavy atom. The van der Waals surface area contributed by atoms with E-state index in [1.807, 2.05) is 30.3 Å². The molecule has 0 unspecified atom stereocenters. The predicted molar refractivity (Wildman–Crippen MR) is 99.2 cm³/mol. The van der Waals surface area contributed by atoms with Crippen LogP contribution in [0, 0.1) is 11.3 Å². The summed E-state index contributed by atoms with van der Waals surface area (Å²) in [5.74, 6) is 0.898. The van der Waals surface area contributed by atoms with Crippen LogP contribution in [0.25, 0.3) is 0 Å². The average molecular weight is 331 g/mol. The van der Waals surface area contributed by atoms with Gasteiger partial charge in [0.2, 0.25) is 0 Å². The number of carbonyl (C=O) groups excluding carboxylic acids is 1. The number of amides is 1. The lowest BCUT2D eigenvalue weighted by atomic mass is 9.45. The molecule has 4 aliphatic rings. The number of carbonyl (C=O) groups is 1. The maximum Gasteiger partial charge on any atom is 0.254 e. The third-order valence-electron chi connectivity index (χ3n) is 7.27. The quantitative estimate of drug-likeness (QED) is 0.757. The maximum absolute atomic E-state index is 13.4. The van der Waals surface area contributed by atoms with Gasteiger partial charge in [0.25, 0.3) is 5.91 Å². The molecule has 25 heavy (non-hydrogen) atoms. The topological polar surface area (TPSA) is 20.3 Å².